The number of nitrogens with zero attached hydrogens (tertiary/aromatic N) is 2. The van der Waals surface area contributed by atoms with Crippen molar-refractivity contribution in [2.75, 3.05) is 5.73 Å². The second-order valence-electron chi connectivity index (χ2n) is 6.21. The molecule has 0 unspecified atom stereocenters. The molecule has 3 nitrogen and oxygen atoms in total. The van der Waals surface area contributed by atoms with E-state index in [0.717, 1.165) is 21.9 Å². The van der Waals surface area contributed by atoms with Crippen LogP contribution in [0.5, 0.6) is 0 Å². The summed E-state index contributed by atoms with van der Waals surface area (Å²) in [5.74, 6) is 0. The summed E-state index contributed by atoms with van der Waals surface area (Å²) >= 11 is 1.73. The highest BCUT2D eigenvalue weighted by atomic mass is 32.1. The van der Waals surface area contributed by atoms with Crippen LogP contribution in [0.4, 0.5) is 5.69 Å². The van der Waals surface area contributed by atoms with Crippen LogP contribution in [0.15, 0.2) is 48.7 Å². The molecule has 2 aromatic carbocycles. The van der Waals surface area contributed by atoms with Crippen molar-refractivity contribution in [2.45, 2.75) is 20.8 Å². The lowest BCUT2D eigenvalue weighted by Gasteiger charge is -2.06. The summed E-state index contributed by atoms with van der Waals surface area (Å²) in [6.07, 6.45) is 2.12. The first-order valence-corrected chi connectivity index (χ1v) is 8.76. The minimum absolute atomic E-state index is 0.770. The van der Waals surface area contributed by atoms with Crippen molar-refractivity contribution < 1.29 is 0 Å². The van der Waals surface area contributed by atoms with Crippen LogP contribution in [0.1, 0.15) is 16.0 Å². The highest BCUT2D eigenvalue weighted by Crippen LogP contribution is 2.34. The Bertz CT molecular complexity index is 1040. The van der Waals surface area contributed by atoms with Crippen molar-refractivity contribution in [1.82, 2.24) is 9.38 Å². The molecule has 0 spiro atoms. The fourth-order valence-electron chi connectivity index (χ4n) is 2.97. The Balaban J connectivity index is 1.88. The van der Waals surface area contributed by atoms with E-state index < -0.39 is 0 Å². The van der Waals surface area contributed by atoms with Gasteiger partial charge in [-0.15, -0.1) is 11.3 Å². The van der Waals surface area contributed by atoms with Crippen LogP contribution in [-0.4, -0.2) is 9.38 Å². The molecule has 0 radical (unpaired) electrons. The van der Waals surface area contributed by atoms with Crippen molar-refractivity contribution in [2.24, 2.45) is 0 Å². The number of imidazole rings is 1. The quantitative estimate of drug-likeness (QED) is 0.510. The molecule has 120 valence electrons. The molecule has 2 heterocycles. The molecule has 4 aromatic rings. The van der Waals surface area contributed by atoms with Crippen molar-refractivity contribution in [1.29, 1.82) is 0 Å². The summed E-state index contributed by atoms with van der Waals surface area (Å²) in [5.41, 5.74) is 13.7. The molecule has 4 heteroatoms. The molecule has 24 heavy (non-hydrogen) atoms. The normalized spacial score (nSPS) is 11.3. The summed E-state index contributed by atoms with van der Waals surface area (Å²) in [6.45, 7) is 6.46. The number of anilines is 1. The van der Waals surface area contributed by atoms with Gasteiger partial charge in [-0.3, -0.25) is 4.40 Å². The second kappa shape index (κ2) is 5.49. The number of hydrogen-bond acceptors (Lipinski definition) is 3. The van der Waals surface area contributed by atoms with E-state index in [1.165, 1.54) is 27.3 Å². The van der Waals surface area contributed by atoms with Crippen LogP contribution in [0.25, 0.3) is 27.5 Å². The first kappa shape index (κ1) is 15.0. The van der Waals surface area contributed by atoms with Crippen LogP contribution < -0.4 is 5.73 Å². The molecule has 0 fully saturated rings. The number of thiazole rings is 1. The molecule has 0 saturated heterocycles. The Morgan fingerprint density at radius 2 is 1.62 bits per heavy atom. The van der Waals surface area contributed by atoms with Gasteiger partial charge in [-0.2, -0.15) is 0 Å². The number of aryl methyl sites for hydroxylation is 3. The zero-order chi connectivity index (χ0) is 16.8. The Labute approximate surface area is 145 Å². The molecule has 0 aliphatic carbocycles. The first-order valence-electron chi connectivity index (χ1n) is 7.95. The molecule has 0 bridgehead atoms. The summed E-state index contributed by atoms with van der Waals surface area (Å²) in [7, 11) is 0. The highest BCUT2D eigenvalue weighted by molar-refractivity contribution is 7.17. The van der Waals surface area contributed by atoms with E-state index in [2.05, 4.69) is 49.6 Å². The molecule has 0 aliphatic rings. The molecule has 4 rings (SSSR count). The van der Waals surface area contributed by atoms with Gasteiger partial charge in [-0.25, -0.2) is 4.98 Å². The molecule has 2 aromatic heterocycles. The maximum Gasteiger partial charge on any atom is 0.194 e. The van der Waals surface area contributed by atoms with Gasteiger partial charge in [0.05, 0.1) is 11.4 Å². The smallest absolute Gasteiger partial charge is 0.194 e. The first-order chi connectivity index (χ1) is 11.5. The monoisotopic (exact) mass is 333 g/mol. The van der Waals surface area contributed by atoms with E-state index >= 15 is 0 Å². The molecule has 2 N–H and O–H groups in total. The second-order valence-corrected chi connectivity index (χ2v) is 7.39. The molecule has 0 amide bonds. The van der Waals surface area contributed by atoms with Crippen molar-refractivity contribution in [3.63, 3.8) is 0 Å². The fourth-order valence-corrected chi connectivity index (χ4v) is 3.95. The van der Waals surface area contributed by atoms with E-state index in [9.17, 15) is 0 Å². The average Bonchev–Trinajstić information content (AvgIpc) is 3.07. The number of nitrogen functional groups attached to an aromatic ring is 1. The predicted octanol–water partition coefficient (Wildman–Crippen LogP) is 5.24. The van der Waals surface area contributed by atoms with Crippen LogP contribution in [0.2, 0.25) is 0 Å². The van der Waals surface area contributed by atoms with Crippen LogP contribution in [0, 0.1) is 20.8 Å². The van der Waals surface area contributed by atoms with E-state index in [-0.39, 0.29) is 0 Å². The van der Waals surface area contributed by atoms with Gasteiger partial charge >= 0.3 is 0 Å². The highest BCUT2D eigenvalue weighted by Gasteiger charge is 2.15. The van der Waals surface area contributed by atoms with Crippen LogP contribution in [-0.2, 0) is 0 Å². The maximum atomic E-state index is 5.78. The fraction of sp³-hybridized carbons (Fsp3) is 0.150. The van der Waals surface area contributed by atoms with E-state index in [0.29, 0.717) is 0 Å². The molecule has 0 atom stereocenters. The van der Waals surface area contributed by atoms with E-state index in [4.69, 9.17) is 10.7 Å². The number of rotatable bonds is 2. The van der Waals surface area contributed by atoms with Crippen molar-refractivity contribution in [3.8, 4) is 22.5 Å². The third-order valence-corrected chi connectivity index (χ3v) is 5.45. The third-order valence-electron chi connectivity index (χ3n) is 4.48. The van der Waals surface area contributed by atoms with Gasteiger partial charge in [0.1, 0.15) is 0 Å². The largest absolute Gasteiger partial charge is 0.399 e. The minimum atomic E-state index is 0.770. The topological polar surface area (TPSA) is 43.3 Å². The minimum Gasteiger partial charge on any atom is -0.399 e. The average molecular weight is 333 g/mol. The lowest BCUT2D eigenvalue weighted by molar-refractivity contribution is 1.21. The van der Waals surface area contributed by atoms with Gasteiger partial charge in [0.2, 0.25) is 0 Å². The molecular weight excluding hydrogens is 314 g/mol. The van der Waals surface area contributed by atoms with Crippen LogP contribution >= 0.6 is 11.3 Å². The molecular formula is C20H19N3S. The summed E-state index contributed by atoms with van der Waals surface area (Å²) in [5, 5.41) is 0. The van der Waals surface area contributed by atoms with Crippen LogP contribution in [0.3, 0.4) is 0 Å². The van der Waals surface area contributed by atoms with E-state index in [1.807, 2.05) is 24.3 Å². The van der Waals surface area contributed by atoms with Gasteiger partial charge in [-0.1, -0.05) is 24.3 Å². The van der Waals surface area contributed by atoms with Gasteiger partial charge < -0.3 is 5.73 Å². The summed E-state index contributed by atoms with van der Waals surface area (Å²) < 4.78 is 2.20. The van der Waals surface area contributed by atoms with E-state index in [1.54, 1.807) is 11.3 Å². The van der Waals surface area contributed by atoms with Gasteiger partial charge in [0.15, 0.2) is 4.96 Å². The molecule has 0 aliphatic heterocycles. The Kier molecular flexibility index (Phi) is 3.43. The number of aromatic nitrogens is 2. The Morgan fingerprint density at radius 3 is 2.33 bits per heavy atom. The Hall–Kier alpha value is -2.59. The summed E-state index contributed by atoms with van der Waals surface area (Å²) in [4.78, 5) is 7.10. The number of nitrogens with two attached hydrogens (primary N) is 1. The zero-order valence-corrected chi connectivity index (χ0v) is 14.8. The third kappa shape index (κ3) is 2.39. The standard InChI is InChI=1S/C20H19N3S/c1-12-4-5-16(10-13(12)2)19-14(3)24-20-22-18(11-23(19)20)15-6-8-17(21)9-7-15/h4-11H,21H2,1-3H3. The van der Waals surface area contributed by atoms with Gasteiger partial charge in [0, 0.05) is 22.3 Å². The summed E-state index contributed by atoms with van der Waals surface area (Å²) in [6, 6.07) is 14.5. The maximum absolute atomic E-state index is 5.78. The Morgan fingerprint density at radius 1 is 0.917 bits per heavy atom. The molecule has 0 saturated carbocycles. The predicted molar refractivity (Wildman–Crippen MR) is 103 cm³/mol. The SMILES string of the molecule is Cc1ccc(-c2c(C)sc3nc(-c4ccc(N)cc4)cn23)cc1C. The number of hydrogen-bond donors (Lipinski definition) is 1. The number of fused-ring (bicyclic) bond motifs is 1. The zero-order valence-electron chi connectivity index (χ0n) is 14.0. The van der Waals surface area contributed by atoms with Crippen molar-refractivity contribution >= 4 is 22.0 Å². The lowest BCUT2D eigenvalue weighted by Crippen LogP contribution is -1.89. The van der Waals surface area contributed by atoms with Gasteiger partial charge in [-0.05, 0) is 55.7 Å². The number of benzene rings is 2. The van der Waals surface area contributed by atoms with Crippen molar-refractivity contribution in [3.05, 3.63) is 64.7 Å². The van der Waals surface area contributed by atoms with Gasteiger partial charge in [0.25, 0.3) is 0 Å². The lowest BCUT2D eigenvalue weighted by atomic mass is 10.0.